The standard InChI is InChI=1S/C50H38B8O/c51-42-38-36(25-15-13-24(14-16-25)33-21-26-8-2-3-9-28(26)30-11-5-6-12-31(30)33)39-41(45(54)49(58)47(56)43(39)52)37(40(38)44(53)48(57)46(42)55)27-18-20-35-34(22-27)32-19-17-23-7-1-4-10-29(23)50(32)59-35/h1-22H,51-58H2. The van der Waals surface area contributed by atoms with Crippen molar-refractivity contribution in [2.24, 2.45) is 0 Å². The first-order valence-electron chi connectivity index (χ1n) is 20.9. The minimum Gasteiger partial charge on any atom is -0.455 e. The summed E-state index contributed by atoms with van der Waals surface area (Å²) in [6.07, 6.45) is 0. The van der Waals surface area contributed by atoms with Crippen LogP contribution in [0.1, 0.15) is 0 Å². The highest BCUT2D eigenvalue weighted by molar-refractivity contribution is 6.71. The van der Waals surface area contributed by atoms with Crippen LogP contribution in [0.2, 0.25) is 0 Å². The van der Waals surface area contributed by atoms with Gasteiger partial charge in [-0.1, -0.05) is 131 Å². The van der Waals surface area contributed by atoms with Crippen molar-refractivity contribution in [3.63, 3.8) is 0 Å². The summed E-state index contributed by atoms with van der Waals surface area (Å²) in [6.45, 7) is 0. The molecular formula is C50H38B8O. The summed E-state index contributed by atoms with van der Waals surface area (Å²) in [5, 5.41) is 15.2. The Morgan fingerprint density at radius 3 is 1.39 bits per heavy atom. The van der Waals surface area contributed by atoms with Gasteiger partial charge < -0.3 is 4.42 Å². The van der Waals surface area contributed by atoms with Gasteiger partial charge in [0.05, 0.1) is 0 Å². The summed E-state index contributed by atoms with van der Waals surface area (Å²) < 4.78 is 6.65. The molecule has 10 aromatic carbocycles. The summed E-state index contributed by atoms with van der Waals surface area (Å²) in [5.41, 5.74) is 20.3. The van der Waals surface area contributed by atoms with Gasteiger partial charge in [0.15, 0.2) is 0 Å². The van der Waals surface area contributed by atoms with Gasteiger partial charge in [0.2, 0.25) is 0 Å². The predicted octanol–water partition coefficient (Wildman–Crippen LogP) is 0.420. The van der Waals surface area contributed by atoms with E-state index in [4.69, 9.17) is 4.42 Å². The van der Waals surface area contributed by atoms with Crippen LogP contribution in [0.15, 0.2) is 138 Å². The Bertz CT molecular complexity index is 3560. The Balaban J connectivity index is 1.24. The van der Waals surface area contributed by atoms with E-state index >= 15 is 0 Å². The van der Waals surface area contributed by atoms with Gasteiger partial charge in [-0.25, -0.2) is 0 Å². The number of rotatable bonds is 3. The topological polar surface area (TPSA) is 13.1 Å². The Morgan fingerprint density at radius 1 is 0.305 bits per heavy atom. The smallest absolute Gasteiger partial charge is 0.143 e. The molecule has 0 N–H and O–H groups in total. The highest BCUT2D eigenvalue weighted by Gasteiger charge is 2.26. The first-order chi connectivity index (χ1) is 28.6. The third-order valence-electron chi connectivity index (χ3n) is 14.3. The summed E-state index contributed by atoms with van der Waals surface area (Å²) in [6, 6.07) is 49.4. The van der Waals surface area contributed by atoms with Crippen molar-refractivity contribution in [2.45, 2.75) is 0 Å². The maximum Gasteiger partial charge on any atom is 0.143 e. The van der Waals surface area contributed by atoms with Crippen LogP contribution in [0.25, 0.3) is 109 Å². The molecule has 0 radical (unpaired) electrons. The molecule has 0 amide bonds. The normalized spacial score (nSPS) is 11.9. The summed E-state index contributed by atoms with van der Waals surface area (Å²) >= 11 is 0. The lowest BCUT2D eigenvalue weighted by molar-refractivity contribution is 0.672. The monoisotopic (exact) mass is 742 g/mol. The molecule has 1 aromatic heterocycles. The highest BCUT2D eigenvalue weighted by atomic mass is 16.3. The molecule has 11 aromatic rings. The zero-order valence-corrected chi connectivity index (χ0v) is 35.1. The summed E-state index contributed by atoms with van der Waals surface area (Å²) in [5.74, 6) is 0. The quantitative estimate of drug-likeness (QED) is 0.146. The molecule has 0 aliphatic heterocycles. The van der Waals surface area contributed by atoms with Crippen LogP contribution in [0.5, 0.6) is 0 Å². The van der Waals surface area contributed by atoms with Crippen LogP contribution in [0.3, 0.4) is 0 Å². The zero-order valence-electron chi connectivity index (χ0n) is 35.1. The van der Waals surface area contributed by atoms with Crippen LogP contribution in [-0.2, 0) is 0 Å². The maximum absolute atomic E-state index is 6.65. The van der Waals surface area contributed by atoms with E-state index in [1.54, 1.807) is 0 Å². The fraction of sp³-hybridized carbons (Fsp3) is 0. The lowest BCUT2D eigenvalue weighted by atomic mass is 9.59. The van der Waals surface area contributed by atoms with Crippen molar-refractivity contribution in [1.29, 1.82) is 0 Å². The van der Waals surface area contributed by atoms with Crippen LogP contribution < -0.4 is 43.7 Å². The van der Waals surface area contributed by atoms with E-state index in [0.29, 0.717) is 0 Å². The van der Waals surface area contributed by atoms with Crippen LogP contribution >= 0.6 is 0 Å². The molecule has 0 fully saturated rings. The van der Waals surface area contributed by atoms with Crippen molar-refractivity contribution in [3.05, 3.63) is 133 Å². The van der Waals surface area contributed by atoms with Gasteiger partial charge in [0.1, 0.15) is 73.9 Å². The molecule has 9 heteroatoms. The van der Waals surface area contributed by atoms with E-state index in [9.17, 15) is 0 Å². The summed E-state index contributed by atoms with van der Waals surface area (Å²) in [4.78, 5) is 0. The van der Waals surface area contributed by atoms with E-state index in [1.165, 1.54) is 126 Å². The molecule has 0 aliphatic carbocycles. The fourth-order valence-corrected chi connectivity index (χ4v) is 10.5. The van der Waals surface area contributed by atoms with Crippen molar-refractivity contribution in [3.8, 4) is 33.4 Å². The Labute approximate surface area is 351 Å². The first-order valence-corrected chi connectivity index (χ1v) is 20.9. The lowest BCUT2D eigenvalue weighted by Gasteiger charge is -2.28. The molecule has 1 heterocycles. The third-order valence-corrected chi connectivity index (χ3v) is 14.3. The van der Waals surface area contributed by atoms with E-state index in [1.807, 2.05) is 0 Å². The molecule has 0 atom stereocenters. The van der Waals surface area contributed by atoms with Gasteiger partial charge in [-0.2, -0.15) is 0 Å². The molecule has 0 unspecified atom stereocenters. The largest absolute Gasteiger partial charge is 0.455 e. The zero-order chi connectivity index (χ0) is 40.4. The van der Waals surface area contributed by atoms with Crippen LogP contribution in [-0.4, -0.2) is 62.8 Å². The Hall–Kier alpha value is -6.18. The molecule has 59 heavy (non-hydrogen) atoms. The fourth-order valence-electron chi connectivity index (χ4n) is 10.5. The van der Waals surface area contributed by atoms with Crippen molar-refractivity contribution in [1.82, 2.24) is 0 Å². The van der Waals surface area contributed by atoms with E-state index in [2.05, 4.69) is 196 Å². The molecule has 0 spiro atoms. The second-order valence-electron chi connectivity index (χ2n) is 17.0. The number of benzene rings is 10. The van der Waals surface area contributed by atoms with Crippen molar-refractivity contribution in [2.75, 3.05) is 0 Å². The van der Waals surface area contributed by atoms with Gasteiger partial charge in [-0.3, -0.25) is 0 Å². The molecule has 1 nitrogen and oxygen atoms in total. The lowest BCUT2D eigenvalue weighted by Crippen LogP contribution is -2.50. The van der Waals surface area contributed by atoms with Gasteiger partial charge in [0.25, 0.3) is 0 Å². The Kier molecular flexibility index (Phi) is 8.02. The third kappa shape index (κ3) is 5.10. The number of fused-ring (bicyclic) bond motifs is 10. The maximum atomic E-state index is 6.65. The van der Waals surface area contributed by atoms with E-state index in [0.717, 1.165) is 27.3 Å². The van der Waals surface area contributed by atoms with Gasteiger partial charge in [0, 0.05) is 16.2 Å². The minimum atomic E-state index is 0.921. The van der Waals surface area contributed by atoms with Gasteiger partial charge in [-0.05, 0) is 106 Å². The molecule has 0 saturated heterocycles. The molecule has 268 valence electrons. The van der Waals surface area contributed by atoms with Crippen LogP contribution in [0.4, 0.5) is 0 Å². The Morgan fingerprint density at radius 2 is 0.780 bits per heavy atom. The molecular weight excluding hydrogens is 703 g/mol. The van der Waals surface area contributed by atoms with E-state index in [-0.39, 0.29) is 0 Å². The second-order valence-corrected chi connectivity index (χ2v) is 17.0. The second kappa shape index (κ2) is 13.2. The molecule has 0 aliphatic rings. The SMILES string of the molecule is Bc1c(B)c(B)c2c(-c3ccc4oc5c6ccccc6ccc5c4c3)c3c(B)c(B)c(B)c(B)c3c(-c3ccc(-c4cc5ccccc5c5ccccc45)cc3)c2c1B. The van der Waals surface area contributed by atoms with Crippen molar-refractivity contribution < 1.29 is 4.42 Å². The first kappa shape index (κ1) is 35.9. The van der Waals surface area contributed by atoms with Crippen molar-refractivity contribution >= 4 is 182 Å². The molecule has 0 saturated carbocycles. The molecule has 11 rings (SSSR count). The van der Waals surface area contributed by atoms with E-state index < -0.39 is 0 Å². The highest BCUT2D eigenvalue weighted by Crippen LogP contribution is 2.44. The van der Waals surface area contributed by atoms with Gasteiger partial charge in [-0.15, -0.1) is 21.9 Å². The number of hydrogen-bond donors (Lipinski definition) is 0. The van der Waals surface area contributed by atoms with Crippen LogP contribution in [0, 0.1) is 0 Å². The number of furan rings is 1. The number of hydrogen-bond acceptors (Lipinski definition) is 1. The minimum absolute atomic E-state index is 0.921. The predicted molar refractivity (Wildman–Crippen MR) is 283 cm³/mol. The average Bonchev–Trinajstić information content (AvgIpc) is 3.66. The average molecular weight is 741 g/mol. The summed E-state index contributed by atoms with van der Waals surface area (Å²) in [7, 11) is 18.6. The van der Waals surface area contributed by atoms with Gasteiger partial charge >= 0.3 is 0 Å². The molecule has 0 bridgehead atoms.